The molecule has 2 heterocycles. The number of ketones is 1. The summed E-state index contributed by atoms with van der Waals surface area (Å²) in [5.41, 5.74) is 2.43. The van der Waals surface area contributed by atoms with Gasteiger partial charge in [0.1, 0.15) is 6.61 Å². The highest BCUT2D eigenvalue weighted by atomic mass is 127. The largest absolute Gasteiger partial charge is 0.456 e. The molecule has 0 spiro atoms. The van der Waals surface area contributed by atoms with Crippen LogP contribution in [0.25, 0.3) is 10.9 Å². The van der Waals surface area contributed by atoms with Crippen LogP contribution in [-0.2, 0) is 20.9 Å². The number of hydrogen-bond donors (Lipinski definition) is 1. The molecule has 1 amide bonds. The third-order valence-electron chi connectivity index (χ3n) is 4.50. The number of Topliss-reactive ketones (excluding diaryl/α,β-unsaturated/α-hetero) is 1. The van der Waals surface area contributed by atoms with Gasteiger partial charge in [0.2, 0.25) is 0 Å². The number of carbonyl (C=O) groups is 3. The second-order valence-corrected chi connectivity index (χ2v) is 8.20. The van der Waals surface area contributed by atoms with Crippen molar-refractivity contribution in [2.24, 2.45) is 0 Å². The van der Waals surface area contributed by atoms with Gasteiger partial charge in [-0.1, -0.05) is 23.7 Å². The van der Waals surface area contributed by atoms with Gasteiger partial charge in [0.15, 0.2) is 0 Å². The van der Waals surface area contributed by atoms with Crippen LogP contribution in [0.2, 0.25) is 5.02 Å². The summed E-state index contributed by atoms with van der Waals surface area (Å²) in [5.74, 6) is -2.02. The molecule has 1 aliphatic heterocycles. The summed E-state index contributed by atoms with van der Waals surface area (Å²) < 4.78 is 7.62. The van der Waals surface area contributed by atoms with Crippen LogP contribution in [0.15, 0.2) is 60.4 Å². The fraction of sp³-hybridized carbons (Fsp3) is 0.0952. The number of cyclic esters (lactones) is 1. The normalized spacial score (nSPS) is 13.3. The number of amides is 1. The van der Waals surface area contributed by atoms with Gasteiger partial charge in [-0.2, -0.15) is 0 Å². The molecular weight excluding hydrogens is 507 g/mol. The smallest absolute Gasteiger partial charge is 0.333 e. The van der Waals surface area contributed by atoms with Crippen LogP contribution < -0.4 is 5.32 Å². The zero-order valence-corrected chi connectivity index (χ0v) is 17.9. The lowest BCUT2D eigenvalue weighted by molar-refractivity contribution is -0.135. The van der Waals surface area contributed by atoms with Crippen molar-refractivity contribution in [1.82, 2.24) is 9.88 Å². The summed E-state index contributed by atoms with van der Waals surface area (Å²) >= 11 is 8.12. The molecule has 1 N–H and O–H groups in total. The number of nitrogens with one attached hydrogen (secondary N) is 1. The van der Waals surface area contributed by atoms with Crippen molar-refractivity contribution in [3.8, 4) is 0 Å². The number of hydrogen-bond acceptors (Lipinski definition) is 4. The molecule has 2 aromatic carbocycles. The van der Waals surface area contributed by atoms with E-state index >= 15 is 0 Å². The molecule has 0 radical (unpaired) electrons. The fourth-order valence-corrected chi connectivity index (χ4v) is 3.76. The van der Waals surface area contributed by atoms with Gasteiger partial charge in [-0.05, 0) is 58.5 Å². The Kier molecular flexibility index (Phi) is 5.42. The number of rotatable bonds is 5. The molecular formula is C21H14ClIN2O4. The number of esters is 1. The minimum atomic E-state index is -0.807. The van der Waals surface area contributed by atoms with E-state index in [0.717, 1.165) is 20.7 Å². The lowest BCUT2D eigenvalue weighted by atomic mass is 10.1. The third kappa shape index (κ3) is 4.20. The SMILES string of the molecule is O=C1C=C(NC(=O)C(=O)c2cn(Cc3ccc(Cl)cc3)c3ccc(I)cc23)CO1. The Balaban J connectivity index is 1.68. The van der Waals surface area contributed by atoms with E-state index in [-0.39, 0.29) is 12.3 Å². The average Bonchev–Trinajstić information content (AvgIpc) is 3.26. The zero-order chi connectivity index (χ0) is 20.5. The molecule has 0 saturated carbocycles. The molecule has 4 rings (SSSR count). The molecule has 1 aliphatic rings. The molecule has 29 heavy (non-hydrogen) atoms. The summed E-state index contributed by atoms with van der Waals surface area (Å²) in [6, 6.07) is 13.2. The van der Waals surface area contributed by atoms with Gasteiger partial charge in [-0.3, -0.25) is 9.59 Å². The maximum Gasteiger partial charge on any atom is 0.333 e. The molecule has 8 heteroatoms. The van der Waals surface area contributed by atoms with Crippen LogP contribution in [0.1, 0.15) is 15.9 Å². The highest BCUT2D eigenvalue weighted by Crippen LogP contribution is 2.25. The molecule has 6 nitrogen and oxygen atoms in total. The van der Waals surface area contributed by atoms with Gasteiger partial charge in [0.25, 0.3) is 11.7 Å². The van der Waals surface area contributed by atoms with E-state index in [1.807, 2.05) is 47.0 Å². The standard InChI is InChI=1S/C21H14ClIN2O4/c22-13-3-1-12(2-4-13)9-25-10-17(16-7-14(23)5-6-18(16)25)20(27)21(28)24-15-8-19(26)29-11-15/h1-8,10H,9,11H2,(H,24,28). The van der Waals surface area contributed by atoms with Crippen molar-refractivity contribution in [2.75, 3.05) is 6.61 Å². The number of halogens is 2. The summed E-state index contributed by atoms with van der Waals surface area (Å²) in [6.07, 6.45) is 2.85. The van der Waals surface area contributed by atoms with Gasteiger partial charge in [0.05, 0.1) is 11.3 Å². The van der Waals surface area contributed by atoms with Crippen molar-refractivity contribution in [1.29, 1.82) is 0 Å². The van der Waals surface area contributed by atoms with Crippen molar-refractivity contribution < 1.29 is 19.1 Å². The lowest BCUT2D eigenvalue weighted by Crippen LogP contribution is -2.31. The van der Waals surface area contributed by atoms with Crippen molar-refractivity contribution in [2.45, 2.75) is 6.54 Å². The Morgan fingerprint density at radius 1 is 1.17 bits per heavy atom. The molecule has 0 unspecified atom stereocenters. The Bertz CT molecular complexity index is 1180. The summed E-state index contributed by atoms with van der Waals surface area (Å²) in [7, 11) is 0. The van der Waals surface area contributed by atoms with Crippen LogP contribution in [0.5, 0.6) is 0 Å². The van der Waals surface area contributed by atoms with Crippen molar-refractivity contribution in [3.05, 3.63) is 80.2 Å². The maximum absolute atomic E-state index is 12.9. The van der Waals surface area contributed by atoms with E-state index in [0.29, 0.717) is 22.5 Å². The van der Waals surface area contributed by atoms with Crippen LogP contribution in [0, 0.1) is 3.57 Å². The molecule has 0 bridgehead atoms. The minimum Gasteiger partial charge on any atom is -0.456 e. The van der Waals surface area contributed by atoms with Crippen molar-refractivity contribution in [3.63, 3.8) is 0 Å². The molecule has 0 atom stereocenters. The van der Waals surface area contributed by atoms with Gasteiger partial charge in [-0.25, -0.2) is 4.79 Å². The molecule has 0 fully saturated rings. The highest BCUT2D eigenvalue weighted by Gasteiger charge is 2.24. The van der Waals surface area contributed by atoms with E-state index < -0.39 is 17.7 Å². The quantitative estimate of drug-likeness (QED) is 0.241. The number of carbonyl (C=O) groups excluding carboxylic acids is 3. The Labute approximate surface area is 184 Å². The van der Waals surface area contributed by atoms with Gasteiger partial charge in [-0.15, -0.1) is 0 Å². The van der Waals surface area contributed by atoms with E-state index in [1.165, 1.54) is 0 Å². The second-order valence-electron chi connectivity index (χ2n) is 6.52. The summed E-state index contributed by atoms with van der Waals surface area (Å²) in [5, 5.41) is 3.80. The number of aromatic nitrogens is 1. The second kappa shape index (κ2) is 8.00. The maximum atomic E-state index is 12.9. The predicted octanol–water partition coefficient (Wildman–Crippen LogP) is 3.69. The van der Waals surface area contributed by atoms with Gasteiger partial charge >= 0.3 is 5.97 Å². The topological polar surface area (TPSA) is 77.4 Å². The van der Waals surface area contributed by atoms with Crippen LogP contribution in [-0.4, -0.2) is 28.8 Å². The average molecular weight is 521 g/mol. The van der Waals surface area contributed by atoms with E-state index in [4.69, 9.17) is 16.3 Å². The molecule has 0 aliphatic carbocycles. The van der Waals surface area contributed by atoms with Crippen LogP contribution >= 0.6 is 34.2 Å². The van der Waals surface area contributed by atoms with E-state index in [1.54, 1.807) is 6.20 Å². The highest BCUT2D eigenvalue weighted by molar-refractivity contribution is 14.1. The lowest BCUT2D eigenvalue weighted by Gasteiger charge is -2.06. The monoisotopic (exact) mass is 520 g/mol. The fourth-order valence-electron chi connectivity index (χ4n) is 3.14. The number of nitrogens with zero attached hydrogens (tertiary/aromatic N) is 1. The summed E-state index contributed by atoms with van der Waals surface area (Å²) in [6.45, 7) is 0.477. The third-order valence-corrected chi connectivity index (χ3v) is 5.42. The van der Waals surface area contributed by atoms with Crippen molar-refractivity contribution >= 4 is 62.8 Å². The number of ether oxygens (including phenoxy) is 1. The zero-order valence-electron chi connectivity index (χ0n) is 14.9. The van der Waals surface area contributed by atoms with Gasteiger partial charge < -0.3 is 14.6 Å². The first-order chi connectivity index (χ1) is 13.9. The Morgan fingerprint density at radius 2 is 1.93 bits per heavy atom. The number of fused-ring (bicyclic) bond motifs is 1. The molecule has 146 valence electrons. The predicted molar refractivity (Wildman–Crippen MR) is 117 cm³/mol. The molecule has 1 aromatic heterocycles. The molecule has 0 saturated heterocycles. The van der Waals surface area contributed by atoms with E-state index in [2.05, 4.69) is 27.9 Å². The Morgan fingerprint density at radius 3 is 2.62 bits per heavy atom. The minimum absolute atomic E-state index is 0.0475. The van der Waals surface area contributed by atoms with Crippen LogP contribution in [0.4, 0.5) is 0 Å². The summed E-state index contributed by atoms with van der Waals surface area (Å²) in [4.78, 5) is 36.4. The molecule has 3 aromatic rings. The first kappa shape index (κ1) is 19.7. The van der Waals surface area contributed by atoms with E-state index in [9.17, 15) is 14.4 Å². The number of benzene rings is 2. The van der Waals surface area contributed by atoms with Crippen LogP contribution in [0.3, 0.4) is 0 Å². The Hall–Kier alpha value is -2.65. The first-order valence-corrected chi connectivity index (χ1v) is 10.1. The van der Waals surface area contributed by atoms with Gasteiger partial charge in [0, 0.05) is 38.3 Å². The first-order valence-electron chi connectivity index (χ1n) is 8.66.